The van der Waals surface area contributed by atoms with Gasteiger partial charge >= 0.3 is 0 Å². The van der Waals surface area contributed by atoms with E-state index < -0.39 is 0 Å². The maximum absolute atomic E-state index is 11.5. The van der Waals surface area contributed by atoms with Crippen molar-refractivity contribution >= 4 is 0 Å². The highest BCUT2D eigenvalue weighted by Gasteiger charge is 2.16. The van der Waals surface area contributed by atoms with E-state index in [9.17, 15) is 4.79 Å². The molecule has 1 aliphatic rings. The number of aromatic amines is 1. The van der Waals surface area contributed by atoms with E-state index in [0.717, 1.165) is 31.7 Å². The van der Waals surface area contributed by atoms with E-state index in [4.69, 9.17) is 10.5 Å². The minimum Gasteiger partial charge on any atom is -0.381 e. The molecule has 1 aliphatic heterocycles. The van der Waals surface area contributed by atoms with Crippen molar-refractivity contribution in [2.24, 2.45) is 5.73 Å². The highest BCUT2D eigenvalue weighted by atomic mass is 16.5. The SMILES string of the molecule is NCc1ccc(C2CCOCC2)[nH]c1=O. The Labute approximate surface area is 88.4 Å². The van der Waals surface area contributed by atoms with Gasteiger partial charge in [-0.25, -0.2) is 0 Å². The van der Waals surface area contributed by atoms with Crippen LogP contribution in [0.15, 0.2) is 16.9 Å². The van der Waals surface area contributed by atoms with E-state index in [-0.39, 0.29) is 5.56 Å². The lowest BCUT2D eigenvalue weighted by Crippen LogP contribution is -2.21. The van der Waals surface area contributed by atoms with Crippen LogP contribution in [0.1, 0.15) is 30.0 Å². The molecule has 4 nitrogen and oxygen atoms in total. The quantitative estimate of drug-likeness (QED) is 0.752. The summed E-state index contributed by atoms with van der Waals surface area (Å²) >= 11 is 0. The normalized spacial score (nSPS) is 17.9. The molecule has 0 saturated carbocycles. The van der Waals surface area contributed by atoms with Crippen molar-refractivity contribution in [1.29, 1.82) is 0 Å². The first-order chi connectivity index (χ1) is 7.31. The van der Waals surface area contributed by atoms with E-state index >= 15 is 0 Å². The molecule has 15 heavy (non-hydrogen) atoms. The number of nitrogens with one attached hydrogen (secondary N) is 1. The Bertz CT molecular complexity index is 380. The molecule has 0 spiro atoms. The second-order valence-corrected chi connectivity index (χ2v) is 3.86. The Morgan fingerprint density at radius 1 is 1.40 bits per heavy atom. The fraction of sp³-hybridized carbons (Fsp3) is 0.545. The van der Waals surface area contributed by atoms with Gasteiger partial charge < -0.3 is 15.5 Å². The predicted molar refractivity (Wildman–Crippen MR) is 57.7 cm³/mol. The number of ether oxygens (including phenoxy) is 1. The average Bonchev–Trinajstić information content (AvgIpc) is 2.30. The Hall–Kier alpha value is -1.13. The van der Waals surface area contributed by atoms with Crippen LogP contribution in [-0.2, 0) is 11.3 Å². The zero-order chi connectivity index (χ0) is 10.7. The third-order valence-corrected chi connectivity index (χ3v) is 2.89. The van der Waals surface area contributed by atoms with Gasteiger partial charge in [0.25, 0.3) is 5.56 Å². The maximum atomic E-state index is 11.5. The topological polar surface area (TPSA) is 68.1 Å². The van der Waals surface area contributed by atoms with Crippen molar-refractivity contribution in [3.63, 3.8) is 0 Å². The summed E-state index contributed by atoms with van der Waals surface area (Å²) in [6, 6.07) is 3.79. The molecule has 1 saturated heterocycles. The van der Waals surface area contributed by atoms with Gasteiger partial charge in [-0.05, 0) is 18.9 Å². The monoisotopic (exact) mass is 208 g/mol. The summed E-state index contributed by atoms with van der Waals surface area (Å²) in [5, 5.41) is 0. The van der Waals surface area contributed by atoms with E-state index in [0.29, 0.717) is 18.0 Å². The van der Waals surface area contributed by atoms with Gasteiger partial charge in [-0.2, -0.15) is 0 Å². The molecule has 0 atom stereocenters. The van der Waals surface area contributed by atoms with Gasteiger partial charge in [-0.15, -0.1) is 0 Å². The first-order valence-corrected chi connectivity index (χ1v) is 5.31. The first-order valence-electron chi connectivity index (χ1n) is 5.31. The Morgan fingerprint density at radius 2 is 2.13 bits per heavy atom. The molecule has 0 aliphatic carbocycles. The van der Waals surface area contributed by atoms with Gasteiger partial charge in [-0.1, -0.05) is 6.07 Å². The number of aromatic nitrogens is 1. The fourth-order valence-electron chi connectivity index (χ4n) is 1.93. The van der Waals surface area contributed by atoms with Crippen LogP contribution in [0.3, 0.4) is 0 Å². The van der Waals surface area contributed by atoms with Crippen molar-refractivity contribution in [2.45, 2.75) is 25.3 Å². The minimum absolute atomic E-state index is 0.0542. The Kier molecular flexibility index (Phi) is 3.18. The van der Waals surface area contributed by atoms with Gasteiger partial charge in [0.1, 0.15) is 0 Å². The lowest BCUT2D eigenvalue weighted by atomic mass is 9.96. The van der Waals surface area contributed by atoms with Gasteiger partial charge in [0.05, 0.1) is 0 Å². The molecule has 4 heteroatoms. The number of nitrogens with two attached hydrogens (primary N) is 1. The summed E-state index contributed by atoms with van der Waals surface area (Å²) < 4.78 is 5.28. The van der Waals surface area contributed by atoms with Crippen LogP contribution >= 0.6 is 0 Å². The van der Waals surface area contributed by atoms with Crippen LogP contribution < -0.4 is 11.3 Å². The van der Waals surface area contributed by atoms with Crippen molar-refractivity contribution in [1.82, 2.24) is 4.98 Å². The molecule has 0 radical (unpaired) electrons. The number of hydrogen-bond donors (Lipinski definition) is 2. The summed E-state index contributed by atoms with van der Waals surface area (Å²) in [4.78, 5) is 14.5. The summed E-state index contributed by atoms with van der Waals surface area (Å²) in [5.74, 6) is 0.429. The third-order valence-electron chi connectivity index (χ3n) is 2.89. The molecule has 3 N–H and O–H groups in total. The van der Waals surface area contributed by atoms with E-state index in [1.54, 1.807) is 0 Å². The minimum atomic E-state index is -0.0542. The average molecular weight is 208 g/mol. The first kappa shape index (κ1) is 10.4. The number of rotatable bonds is 2. The Balaban J connectivity index is 2.21. The van der Waals surface area contributed by atoms with E-state index in [1.165, 1.54) is 0 Å². The largest absolute Gasteiger partial charge is 0.381 e. The number of hydrogen-bond acceptors (Lipinski definition) is 3. The van der Waals surface area contributed by atoms with Gasteiger partial charge in [-0.3, -0.25) is 4.79 Å². The van der Waals surface area contributed by atoms with Crippen LogP contribution in [-0.4, -0.2) is 18.2 Å². The van der Waals surface area contributed by atoms with Gasteiger partial charge in [0.2, 0.25) is 0 Å². The molecule has 0 unspecified atom stereocenters. The van der Waals surface area contributed by atoms with Crippen molar-refractivity contribution in [2.75, 3.05) is 13.2 Å². The van der Waals surface area contributed by atoms with E-state index in [1.807, 2.05) is 12.1 Å². The zero-order valence-corrected chi connectivity index (χ0v) is 8.66. The standard InChI is InChI=1S/C11H16N2O2/c12-7-9-1-2-10(13-11(9)14)8-3-5-15-6-4-8/h1-2,8H,3-7,12H2,(H,13,14). The van der Waals surface area contributed by atoms with Crippen LogP contribution in [0, 0.1) is 0 Å². The molecule has 1 aromatic heterocycles. The summed E-state index contributed by atoms with van der Waals surface area (Å²) in [6.45, 7) is 1.86. The van der Waals surface area contributed by atoms with Crippen LogP contribution in [0.5, 0.6) is 0 Å². The molecule has 1 aromatic rings. The smallest absolute Gasteiger partial charge is 0.252 e. The van der Waals surface area contributed by atoms with Crippen molar-refractivity contribution in [3.8, 4) is 0 Å². The Morgan fingerprint density at radius 3 is 2.73 bits per heavy atom. The van der Waals surface area contributed by atoms with Crippen molar-refractivity contribution in [3.05, 3.63) is 33.7 Å². The summed E-state index contributed by atoms with van der Waals surface area (Å²) in [6.07, 6.45) is 1.97. The fourth-order valence-corrected chi connectivity index (χ4v) is 1.93. The lowest BCUT2D eigenvalue weighted by Gasteiger charge is -2.21. The molecule has 2 rings (SSSR count). The zero-order valence-electron chi connectivity index (χ0n) is 8.66. The molecule has 82 valence electrons. The molecule has 0 aromatic carbocycles. The molecular formula is C11H16N2O2. The lowest BCUT2D eigenvalue weighted by molar-refractivity contribution is 0.0844. The van der Waals surface area contributed by atoms with Gasteiger partial charge in [0, 0.05) is 36.9 Å². The maximum Gasteiger partial charge on any atom is 0.252 e. The molecule has 0 bridgehead atoms. The molecule has 1 fully saturated rings. The van der Waals surface area contributed by atoms with E-state index in [2.05, 4.69) is 4.98 Å². The predicted octanol–water partition coefficient (Wildman–Crippen LogP) is 0.728. The van der Waals surface area contributed by atoms with Crippen LogP contribution in [0.25, 0.3) is 0 Å². The molecule has 0 amide bonds. The van der Waals surface area contributed by atoms with Crippen molar-refractivity contribution < 1.29 is 4.74 Å². The van der Waals surface area contributed by atoms with Gasteiger partial charge in [0.15, 0.2) is 0 Å². The second-order valence-electron chi connectivity index (χ2n) is 3.86. The second kappa shape index (κ2) is 4.59. The van der Waals surface area contributed by atoms with Crippen LogP contribution in [0.4, 0.5) is 0 Å². The highest BCUT2D eigenvalue weighted by molar-refractivity contribution is 5.17. The highest BCUT2D eigenvalue weighted by Crippen LogP contribution is 2.24. The molecular weight excluding hydrogens is 192 g/mol. The summed E-state index contributed by atoms with van der Waals surface area (Å²) in [5.41, 5.74) is 7.04. The summed E-state index contributed by atoms with van der Waals surface area (Å²) in [7, 11) is 0. The third kappa shape index (κ3) is 2.27. The number of H-pyrrole nitrogens is 1. The van der Waals surface area contributed by atoms with Crippen LogP contribution in [0.2, 0.25) is 0 Å². The molecule has 2 heterocycles. The number of pyridine rings is 1.